The molecule has 1 aromatic carbocycles. The van der Waals surface area contributed by atoms with Crippen molar-refractivity contribution in [3.8, 4) is 5.75 Å². The third kappa shape index (κ3) is 2.73. The first kappa shape index (κ1) is 10.5. The average molecular weight is 190 g/mol. The Labute approximate surface area is 83.9 Å². The van der Waals surface area contributed by atoms with Gasteiger partial charge < -0.3 is 5.11 Å². The van der Waals surface area contributed by atoms with Crippen LogP contribution in [0.15, 0.2) is 24.3 Å². The molecule has 2 nitrogen and oxygen atoms in total. The lowest BCUT2D eigenvalue weighted by molar-refractivity contribution is -0.112. The fourth-order valence-electron chi connectivity index (χ4n) is 1.21. The van der Waals surface area contributed by atoms with Gasteiger partial charge in [-0.2, -0.15) is 0 Å². The van der Waals surface area contributed by atoms with Crippen LogP contribution in [0.3, 0.4) is 0 Å². The highest BCUT2D eigenvalue weighted by Gasteiger charge is 1.98. The first-order valence-electron chi connectivity index (χ1n) is 4.64. The molecule has 0 aromatic heterocycles. The van der Waals surface area contributed by atoms with Crippen molar-refractivity contribution in [2.24, 2.45) is 0 Å². The zero-order valence-corrected chi connectivity index (χ0v) is 8.45. The summed E-state index contributed by atoms with van der Waals surface area (Å²) in [4.78, 5) is 10.7. The third-order valence-corrected chi connectivity index (χ3v) is 1.99. The van der Waals surface area contributed by atoms with Crippen molar-refractivity contribution in [3.63, 3.8) is 0 Å². The molecule has 0 aliphatic rings. The van der Waals surface area contributed by atoms with Crippen LogP contribution >= 0.6 is 0 Å². The summed E-state index contributed by atoms with van der Waals surface area (Å²) in [6.45, 7) is 3.49. The van der Waals surface area contributed by atoms with E-state index in [1.54, 1.807) is 18.2 Å². The van der Waals surface area contributed by atoms with Gasteiger partial charge in [0.2, 0.25) is 0 Å². The molecule has 0 fully saturated rings. The molecule has 74 valence electrons. The van der Waals surface area contributed by atoms with Crippen molar-refractivity contribution in [2.45, 2.75) is 20.3 Å². The van der Waals surface area contributed by atoms with Gasteiger partial charge in [0.1, 0.15) is 5.75 Å². The number of benzene rings is 1. The second-order valence-electron chi connectivity index (χ2n) is 3.19. The maximum atomic E-state index is 10.7. The zero-order valence-electron chi connectivity index (χ0n) is 8.45. The van der Waals surface area contributed by atoms with Gasteiger partial charge in [0, 0.05) is 0 Å². The van der Waals surface area contributed by atoms with Gasteiger partial charge in [-0.25, -0.2) is 0 Å². The molecule has 0 spiro atoms. The molecule has 1 aromatic rings. The van der Waals surface area contributed by atoms with Crippen LogP contribution in [0.5, 0.6) is 5.75 Å². The minimum absolute atomic E-state index is 0.0242. The molecule has 14 heavy (non-hydrogen) atoms. The summed E-state index contributed by atoms with van der Waals surface area (Å²) >= 11 is 0. The molecule has 0 radical (unpaired) electrons. The van der Waals surface area contributed by atoms with Crippen molar-refractivity contribution < 1.29 is 9.90 Å². The van der Waals surface area contributed by atoms with Crippen molar-refractivity contribution in [3.05, 3.63) is 35.4 Å². The maximum Gasteiger partial charge on any atom is 0.152 e. The molecule has 0 aliphatic carbocycles. The van der Waals surface area contributed by atoms with Crippen LogP contribution in [-0.2, 0) is 11.2 Å². The lowest BCUT2D eigenvalue weighted by atomic mass is 10.1. The normalized spacial score (nSPS) is 10.7. The number of carbonyl (C=O) groups excluding carboxylic acids is 1. The highest BCUT2D eigenvalue weighted by Crippen LogP contribution is 2.19. The number of allylic oxidation sites excluding steroid dienone is 1. The number of phenolic OH excluding ortho intramolecular Hbond substituents is 1. The van der Waals surface area contributed by atoms with E-state index >= 15 is 0 Å². The summed E-state index contributed by atoms with van der Waals surface area (Å²) in [5.74, 6) is 0.337. The molecule has 0 amide bonds. The van der Waals surface area contributed by atoms with E-state index in [4.69, 9.17) is 0 Å². The fourth-order valence-corrected chi connectivity index (χ4v) is 1.21. The van der Waals surface area contributed by atoms with Crippen molar-refractivity contribution in [2.75, 3.05) is 0 Å². The van der Waals surface area contributed by atoms with Crippen LogP contribution in [0.1, 0.15) is 25.0 Å². The minimum atomic E-state index is 0.0242. The smallest absolute Gasteiger partial charge is 0.152 e. The third-order valence-electron chi connectivity index (χ3n) is 1.99. The van der Waals surface area contributed by atoms with Crippen molar-refractivity contribution in [1.29, 1.82) is 0 Å². The van der Waals surface area contributed by atoms with Gasteiger partial charge in [0.25, 0.3) is 0 Å². The SMILES string of the molecule is CCc1cc(/C=C/C(C)=O)ccc1O. The summed E-state index contributed by atoms with van der Waals surface area (Å²) < 4.78 is 0. The van der Waals surface area contributed by atoms with Gasteiger partial charge in [0.05, 0.1) is 0 Å². The van der Waals surface area contributed by atoms with Crippen LogP contribution in [0, 0.1) is 0 Å². The maximum absolute atomic E-state index is 10.7. The number of phenols is 1. The summed E-state index contributed by atoms with van der Waals surface area (Å²) in [5, 5.41) is 9.42. The standard InChI is InChI=1S/C12H14O2/c1-3-11-8-10(5-4-9(2)13)6-7-12(11)14/h4-8,14H,3H2,1-2H3/b5-4+. The van der Waals surface area contributed by atoms with E-state index < -0.39 is 0 Å². The lowest BCUT2D eigenvalue weighted by Crippen LogP contribution is -1.84. The Morgan fingerprint density at radius 3 is 2.79 bits per heavy atom. The van der Waals surface area contributed by atoms with E-state index in [0.29, 0.717) is 5.75 Å². The topological polar surface area (TPSA) is 37.3 Å². The largest absolute Gasteiger partial charge is 0.508 e. The summed E-state index contributed by atoms with van der Waals surface area (Å²) in [6.07, 6.45) is 4.06. The predicted molar refractivity (Wildman–Crippen MR) is 57.2 cm³/mol. The highest BCUT2D eigenvalue weighted by molar-refractivity contribution is 5.91. The number of carbonyl (C=O) groups is 1. The van der Waals surface area contributed by atoms with Gasteiger partial charge in [-0.05, 0) is 42.7 Å². The first-order valence-corrected chi connectivity index (χ1v) is 4.64. The summed E-state index contributed by atoms with van der Waals surface area (Å²) in [5.41, 5.74) is 1.84. The summed E-state index contributed by atoms with van der Waals surface area (Å²) in [6, 6.07) is 5.32. The van der Waals surface area contributed by atoms with Gasteiger partial charge in [-0.15, -0.1) is 0 Å². The quantitative estimate of drug-likeness (QED) is 0.744. The van der Waals surface area contributed by atoms with Gasteiger partial charge >= 0.3 is 0 Å². The monoisotopic (exact) mass is 190 g/mol. The van der Waals surface area contributed by atoms with Gasteiger partial charge in [-0.1, -0.05) is 19.1 Å². The van der Waals surface area contributed by atoms with Crippen LogP contribution in [0.4, 0.5) is 0 Å². The number of aromatic hydroxyl groups is 1. The molecule has 0 saturated carbocycles. The molecule has 0 atom stereocenters. The Hall–Kier alpha value is -1.57. The van der Waals surface area contributed by atoms with E-state index in [-0.39, 0.29) is 5.78 Å². The van der Waals surface area contributed by atoms with E-state index in [1.807, 2.05) is 13.0 Å². The predicted octanol–water partition coefficient (Wildman–Crippen LogP) is 2.56. The Bertz CT molecular complexity index is 365. The molecule has 0 aliphatic heterocycles. The van der Waals surface area contributed by atoms with E-state index in [9.17, 15) is 9.90 Å². The van der Waals surface area contributed by atoms with Crippen molar-refractivity contribution >= 4 is 11.9 Å². The Morgan fingerprint density at radius 2 is 2.21 bits per heavy atom. The molecule has 1 N–H and O–H groups in total. The molecule has 0 heterocycles. The first-order chi connectivity index (χ1) is 6.63. The van der Waals surface area contributed by atoms with E-state index in [0.717, 1.165) is 17.5 Å². The Morgan fingerprint density at radius 1 is 1.50 bits per heavy atom. The lowest BCUT2D eigenvalue weighted by Gasteiger charge is -2.02. The molecule has 0 bridgehead atoms. The van der Waals surface area contributed by atoms with E-state index in [1.165, 1.54) is 13.0 Å². The highest BCUT2D eigenvalue weighted by atomic mass is 16.3. The summed E-state index contributed by atoms with van der Waals surface area (Å²) in [7, 11) is 0. The second kappa shape index (κ2) is 4.61. The number of hydrogen-bond donors (Lipinski definition) is 1. The molecular weight excluding hydrogens is 176 g/mol. The minimum Gasteiger partial charge on any atom is -0.508 e. The van der Waals surface area contributed by atoms with Crippen molar-refractivity contribution in [1.82, 2.24) is 0 Å². The van der Waals surface area contributed by atoms with E-state index in [2.05, 4.69) is 0 Å². The molecule has 1 rings (SSSR count). The number of rotatable bonds is 3. The van der Waals surface area contributed by atoms with Crippen LogP contribution in [0.25, 0.3) is 6.08 Å². The molecular formula is C12H14O2. The number of aryl methyl sites for hydroxylation is 1. The van der Waals surface area contributed by atoms with Gasteiger partial charge in [-0.3, -0.25) is 4.79 Å². The zero-order chi connectivity index (χ0) is 10.6. The fraction of sp³-hybridized carbons (Fsp3) is 0.250. The average Bonchev–Trinajstić information content (AvgIpc) is 2.16. The second-order valence-corrected chi connectivity index (χ2v) is 3.19. The molecule has 2 heteroatoms. The van der Waals surface area contributed by atoms with Gasteiger partial charge in [0.15, 0.2) is 5.78 Å². The number of ketones is 1. The molecule has 0 unspecified atom stereocenters. The Balaban J connectivity index is 2.95. The number of hydrogen-bond acceptors (Lipinski definition) is 2. The van der Waals surface area contributed by atoms with Crippen LogP contribution in [0.2, 0.25) is 0 Å². The Kier molecular flexibility index (Phi) is 3.46. The van der Waals surface area contributed by atoms with Crippen LogP contribution < -0.4 is 0 Å². The van der Waals surface area contributed by atoms with Crippen LogP contribution in [-0.4, -0.2) is 10.9 Å². The molecule has 0 saturated heterocycles.